The minimum atomic E-state index is -0.415. The van der Waals surface area contributed by atoms with Crippen LogP contribution in [0.5, 0.6) is 0 Å². The Balaban J connectivity index is 1.41. The number of hydrogen-bond donors (Lipinski definition) is 0. The van der Waals surface area contributed by atoms with E-state index < -0.39 is 4.92 Å². The maximum atomic E-state index is 10.8. The van der Waals surface area contributed by atoms with Crippen LogP contribution in [-0.2, 0) is 0 Å². The van der Waals surface area contributed by atoms with E-state index in [1.54, 1.807) is 12.1 Å². The maximum Gasteiger partial charge on any atom is 0.269 e. The summed E-state index contributed by atoms with van der Waals surface area (Å²) in [5, 5.41) is 10.8. The van der Waals surface area contributed by atoms with Gasteiger partial charge >= 0.3 is 0 Å². The average molecular weight is 393 g/mol. The molecule has 1 aliphatic rings. The van der Waals surface area contributed by atoms with Crippen LogP contribution < -0.4 is 4.90 Å². The van der Waals surface area contributed by atoms with E-state index in [2.05, 4.69) is 34.1 Å². The minimum Gasteiger partial charge on any atom is -0.454 e. The number of anilines is 1. The van der Waals surface area contributed by atoms with Gasteiger partial charge in [0.05, 0.1) is 4.92 Å². The molecule has 1 aromatic heterocycles. The summed E-state index contributed by atoms with van der Waals surface area (Å²) in [6.45, 7) is 3.47. The summed E-state index contributed by atoms with van der Waals surface area (Å²) in [6, 6.07) is 20.4. The van der Waals surface area contributed by atoms with Crippen molar-refractivity contribution in [3.63, 3.8) is 0 Å². The average Bonchev–Trinajstić information content (AvgIpc) is 3.24. The van der Waals surface area contributed by atoms with Gasteiger partial charge in [0.1, 0.15) is 10.7 Å². The van der Waals surface area contributed by atoms with Gasteiger partial charge < -0.3 is 14.2 Å². The van der Waals surface area contributed by atoms with Crippen LogP contribution in [0.25, 0.3) is 11.3 Å². The van der Waals surface area contributed by atoms with Crippen LogP contribution in [-0.4, -0.2) is 41.0 Å². The van der Waals surface area contributed by atoms with Crippen molar-refractivity contribution >= 4 is 28.6 Å². The highest BCUT2D eigenvalue weighted by Gasteiger charge is 2.22. The molecule has 28 heavy (non-hydrogen) atoms. The van der Waals surface area contributed by atoms with Crippen molar-refractivity contribution in [3.8, 4) is 11.3 Å². The monoisotopic (exact) mass is 393 g/mol. The number of non-ortho nitro benzene ring substituents is 1. The van der Waals surface area contributed by atoms with Gasteiger partial charge in [-0.3, -0.25) is 10.1 Å². The Morgan fingerprint density at radius 2 is 1.61 bits per heavy atom. The SMILES string of the molecule is O=[N+]([O-])c1ccc(-c2ccc(C(=S)N3CCN(c4ccccc4)CC3)o2)cc1. The smallest absolute Gasteiger partial charge is 0.269 e. The van der Waals surface area contributed by atoms with E-state index in [1.807, 2.05) is 18.2 Å². The van der Waals surface area contributed by atoms with Crippen molar-refractivity contribution in [3.05, 3.63) is 82.6 Å². The molecule has 0 bridgehead atoms. The highest BCUT2D eigenvalue weighted by atomic mass is 32.1. The number of furan rings is 1. The first-order valence-electron chi connectivity index (χ1n) is 9.06. The number of para-hydroxylation sites is 1. The summed E-state index contributed by atoms with van der Waals surface area (Å²) in [6.07, 6.45) is 0. The first kappa shape index (κ1) is 18.2. The molecule has 0 amide bonds. The van der Waals surface area contributed by atoms with E-state index in [9.17, 15) is 10.1 Å². The zero-order valence-electron chi connectivity index (χ0n) is 15.2. The van der Waals surface area contributed by atoms with Crippen molar-refractivity contribution < 1.29 is 9.34 Å². The van der Waals surface area contributed by atoms with E-state index in [0.717, 1.165) is 31.7 Å². The van der Waals surface area contributed by atoms with Crippen LogP contribution in [0.2, 0.25) is 0 Å². The van der Waals surface area contributed by atoms with Crippen molar-refractivity contribution in [2.45, 2.75) is 0 Å². The molecule has 0 unspecified atom stereocenters. The summed E-state index contributed by atoms with van der Waals surface area (Å²) >= 11 is 5.64. The quantitative estimate of drug-likeness (QED) is 0.373. The molecule has 7 heteroatoms. The first-order chi connectivity index (χ1) is 13.6. The van der Waals surface area contributed by atoms with Crippen LogP contribution in [0.3, 0.4) is 0 Å². The fraction of sp³-hybridized carbons (Fsp3) is 0.190. The molecule has 0 aliphatic carbocycles. The lowest BCUT2D eigenvalue weighted by atomic mass is 10.1. The number of benzene rings is 2. The van der Waals surface area contributed by atoms with Crippen LogP contribution in [0, 0.1) is 10.1 Å². The lowest BCUT2D eigenvalue weighted by Gasteiger charge is -2.37. The molecular weight excluding hydrogens is 374 g/mol. The van der Waals surface area contributed by atoms with Crippen LogP contribution >= 0.6 is 12.2 Å². The maximum absolute atomic E-state index is 10.8. The second-order valence-electron chi connectivity index (χ2n) is 6.58. The van der Waals surface area contributed by atoms with Gasteiger partial charge in [-0.2, -0.15) is 0 Å². The summed E-state index contributed by atoms with van der Waals surface area (Å²) in [5.74, 6) is 1.30. The Morgan fingerprint density at radius 3 is 2.25 bits per heavy atom. The molecule has 0 saturated carbocycles. The molecule has 0 atom stereocenters. The van der Waals surface area contributed by atoms with Gasteiger partial charge in [-0.05, 0) is 36.4 Å². The molecule has 1 saturated heterocycles. The highest BCUT2D eigenvalue weighted by molar-refractivity contribution is 7.80. The van der Waals surface area contributed by atoms with Gasteiger partial charge in [-0.1, -0.05) is 30.4 Å². The molecule has 4 rings (SSSR count). The third kappa shape index (κ3) is 3.75. The van der Waals surface area contributed by atoms with Crippen LogP contribution in [0.15, 0.2) is 71.1 Å². The minimum absolute atomic E-state index is 0.0577. The van der Waals surface area contributed by atoms with E-state index in [1.165, 1.54) is 17.8 Å². The Hall–Kier alpha value is -3.19. The molecule has 3 aromatic rings. The standard InChI is InChI=1S/C21H19N3O3S/c25-24(26)18-8-6-16(7-9-18)19-10-11-20(27-19)21(28)23-14-12-22(13-15-23)17-4-2-1-3-5-17/h1-11H,12-15H2. The second-order valence-corrected chi connectivity index (χ2v) is 6.97. The third-order valence-electron chi connectivity index (χ3n) is 4.87. The number of hydrogen-bond acceptors (Lipinski definition) is 5. The van der Waals surface area contributed by atoms with Gasteiger partial charge in [0.2, 0.25) is 0 Å². The van der Waals surface area contributed by atoms with Crippen molar-refractivity contribution in [1.82, 2.24) is 4.90 Å². The summed E-state index contributed by atoms with van der Waals surface area (Å²) in [5.41, 5.74) is 2.07. The zero-order valence-corrected chi connectivity index (χ0v) is 16.0. The van der Waals surface area contributed by atoms with E-state index >= 15 is 0 Å². The van der Waals surface area contributed by atoms with Gasteiger partial charge in [-0.25, -0.2) is 0 Å². The topological polar surface area (TPSA) is 62.8 Å². The van der Waals surface area contributed by atoms with Gasteiger partial charge in [0.25, 0.3) is 5.69 Å². The number of thiocarbonyl (C=S) groups is 1. The Morgan fingerprint density at radius 1 is 0.929 bits per heavy atom. The molecule has 0 radical (unpaired) electrons. The summed E-state index contributed by atoms with van der Waals surface area (Å²) in [7, 11) is 0. The first-order valence-corrected chi connectivity index (χ1v) is 9.46. The normalized spacial score (nSPS) is 14.1. The second kappa shape index (κ2) is 7.82. The molecule has 0 N–H and O–H groups in total. The fourth-order valence-corrected chi connectivity index (χ4v) is 3.61. The molecule has 0 spiro atoms. The van der Waals surface area contributed by atoms with E-state index in [0.29, 0.717) is 16.5 Å². The number of rotatable bonds is 4. The van der Waals surface area contributed by atoms with Gasteiger partial charge in [-0.15, -0.1) is 0 Å². The van der Waals surface area contributed by atoms with Crippen LogP contribution in [0.1, 0.15) is 5.76 Å². The summed E-state index contributed by atoms with van der Waals surface area (Å²) < 4.78 is 5.93. The number of nitro groups is 1. The lowest BCUT2D eigenvalue weighted by molar-refractivity contribution is -0.384. The fourth-order valence-electron chi connectivity index (χ4n) is 3.32. The van der Waals surface area contributed by atoms with E-state index in [4.69, 9.17) is 16.6 Å². The van der Waals surface area contributed by atoms with Gasteiger partial charge in [0.15, 0.2) is 5.76 Å². The summed E-state index contributed by atoms with van der Waals surface area (Å²) in [4.78, 5) is 15.6. The van der Waals surface area contributed by atoms with E-state index in [-0.39, 0.29) is 5.69 Å². The molecule has 142 valence electrons. The Labute approximate surface area is 168 Å². The van der Waals surface area contributed by atoms with Crippen molar-refractivity contribution in [1.29, 1.82) is 0 Å². The molecule has 1 fully saturated rings. The lowest BCUT2D eigenvalue weighted by Crippen LogP contribution is -2.48. The molecule has 1 aliphatic heterocycles. The zero-order chi connectivity index (χ0) is 19.5. The largest absolute Gasteiger partial charge is 0.454 e. The molecule has 6 nitrogen and oxygen atoms in total. The molecule has 2 heterocycles. The number of piperazine rings is 1. The van der Waals surface area contributed by atoms with Crippen molar-refractivity contribution in [2.75, 3.05) is 31.1 Å². The predicted molar refractivity (Wildman–Crippen MR) is 113 cm³/mol. The Bertz CT molecular complexity index is 978. The number of nitro benzene ring substituents is 1. The molecular formula is C21H19N3O3S. The predicted octanol–water partition coefficient (Wildman–Crippen LogP) is 4.35. The molecule has 2 aromatic carbocycles. The number of nitrogens with zero attached hydrogens (tertiary/aromatic N) is 3. The highest BCUT2D eigenvalue weighted by Crippen LogP contribution is 2.26. The van der Waals surface area contributed by atoms with Gasteiger partial charge in [0, 0.05) is 49.6 Å². The Kier molecular flexibility index (Phi) is 5.08. The third-order valence-corrected chi connectivity index (χ3v) is 5.33. The van der Waals surface area contributed by atoms with Crippen molar-refractivity contribution in [2.24, 2.45) is 0 Å². The van der Waals surface area contributed by atoms with Crippen LogP contribution in [0.4, 0.5) is 11.4 Å².